The van der Waals surface area contributed by atoms with Crippen LogP contribution in [0.2, 0.25) is 0 Å². The first-order valence-corrected chi connectivity index (χ1v) is 6.28. The van der Waals surface area contributed by atoms with E-state index in [9.17, 15) is 0 Å². The fraction of sp³-hybridized carbons (Fsp3) is 0.769. The largest absolute Gasteiger partial charge is 0.374 e. The van der Waals surface area contributed by atoms with Gasteiger partial charge in [0.2, 0.25) is 5.95 Å². The van der Waals surface area contributed by atoms with Gasteiger partial charge in [0.1, 0.15) is 0 Å². The van der Waals surface area contributed by atoms with Crippen molar-refractivity contribution in [3.63, 3.8) is 0 Å². The highest BCUT2D eigenvalue weighted by atomic mass is 16.5. The van der Waals surface area contributed by atoms with E-state index < -0.39 is 0 Å². The molecule has 1 rings (SSSR count). The average Bonchev–Trinajstić information content (AvgIpc) is 2.43. The summed E-state index contributed by atoms with van der Waals surface area (Å²) in [6.45, 7) is 14.0. The second-order valence-corrected chi connectivity index (χ2v) is 5.33. The third kappa shape index (κ3) is 4.38. The minimum atomic E-state index is -0.171. The molecule has 98 valence electrons. The molecule has 0 amide bonds. The Morgan fingerprint density at radius 1 is 1.47 bits per heavy atom. The number of aromatic nitrogens is 2. The molecule has 0 unspecified atom stereocenters. The van der Waals surface area contributed by atoms with E-state index in [2.05, 4.69) is 48.8 Å². The molecule has 0 fully saturated rings. The minimum absolute atomic E-state index is 0.171. The molecule has 0 atom stereocenters. The smallest absolute Gasteiger partial charge is 0.203 e. The van der Waals surface area contributed by atoms with Crippen molar-refractivity contribution in [2.75, 3.05) is 11.9 Å². The molecule has 0 saturated carbocycles. The van der Waals surface area contributed by atoms with Crippen LogP contribution >= 0.6 is 0 Å². The summed E-state index contributed by atoms with van der Waals surface area (Å²) in [4.78, 5) is 4.49. The van der Waals surface area contributed by atoms with Crippen molar-refractivity contribution in [1.29, 1.82) is 0 Å². The Bertz CT molecular complexity index is 356. The Labute approximate surface area is 104 Å². The van der Waals surface area contributed by atoms with Crippen LogP contribution in [0.15, 0.2) is 6.20 Å². The molecule has 0 aliphatic rings. The maximum atomic E-state index is 5.73. The summed E-state index contributed by atoms with van der Waals surface area (Å²) >= 11 is 0. The number of aryl methyl sites for hydroxylation is 1. The van der Waals surface area contributed by atoms with E-state index in [0.29, 0.717) is 6.04 Å². The summed E-state index contributed by atoms with van der Waals surface area (Å²) in [5.41, 5.74) is 0.857. The molecule has 0 radical (unpaired) electrons. The quantitative estimate of drug-likeness (QED) is 0.829. The first kappa shape index (κ1) is 14.0. The Morgan fingerprint density at radius 2 is 2.12 bits per heavy atom. The summed E-state index contributed by atoms with van der Waals surface area (Å²) in [6.07, 6.45) is 2.06. The Morgan fingerprint density at radius 3 is 2.65 bits per heavy atom. The van der Waals surface area contributed by atoms with Crippen molar-refractivity contribution in [2.45, 2.75) is 59.7 Å². The molecule has 0 aromatic carbocycles. The third-order valence-electron chi connectivity index (χ3n) is 2.40. The molecule has 0 bridgehead atoms. The van der Waals surface area contributed by atoms with Gasteiger partial charge in [-0.15, -0.1) is 0 Å². The van der Waals surface area contributed by atoms with Gasteiger partial charge >= 0.3 is 0 Å². The number of ether oxygens (including phenoxy) is 1. The van der Waals surface area contributed by atoms with Crippen molar-refractivity contribution in [2.24, 2.45) is 0 Å². The molecule has 17 heavy (non-hydrogen) atoms. The van der Waals surface area contributed by atoms with Gasteiger partial charge in [-0.1, -0.05) is 0 Å². The monoisotopic (exact) mass is 239 g/mol. The van der Waals surface area contributed by atoms with Gasteiger partial charge in [-0.25, -0.2) is 4.98 Å². The standard InChI is InChI=1S/C13H25N3O/c1-7-17-13(5,6)9-16-8-11(4)15-12(16)14-10(2)3/h8,10H,7,9H2,1-6H3,(H,14,15). The van der Waals surface area contributed by atoms with E-state index in [0.717, 1.165) is 24.8 Å². The van der Waals surface area contributed by atoms with E-state index in [1.165, 1.54) is 0 Å². The van der Waals surface area contributed by atoms with Gasteiger partial charge in [-0.2, -0.15) is 0 Å². The van der Waals surface area contributed by atoms with Crippen LogP contribution in [0.25, 0.3) is 0 Å². The topological polar surface area (TPSA) is 39.1 Å². The molecule has 0 aliphatic heterocycles. The predicted molar refractivity (Wildman–Crippen MR) is 71.4 cm³/mol. The summed E-state index contributed by atoms with van der Waals surface area (Å²) in [6, 6.07) is 0.380. The Hall–Kier alpha value is -1.03. The normalized spacial score (nSPS) is 12.2. The minimum Gasteiger partial charge on any atom is -0.374 e. The van der Waals surface area contributed by atoms with Crippen LogP contribution in [-0.4, -0.2) is 27.8 Å². The molecule has 0 aliphatic carbocycles. The van der Waals surface area contributed by atoms with Gasteiger partial charge in [-0.3, -0.25) is 0 Å². The average molecular weight is 239 g/mol. The van der Waals surface area contributed by atoms with Gasteiger partial charge in [-0.05, 0) is 41.5 Å². The maximum Gasteiger partial charge on any atom is 0.203 e. The van der Waals surface area contributed by atoms with Gasteiger partial charge in [0.15, 0.2) is 0 Å². The van der Waals surface area contributed by atoms with Crippen molar-refractivity contribution in [3.8, 4) is 0 Å². The number of rotatable bonds is 6. The highest BCUT2D eigenvalue weighted by molar-refractivity contribution is 5.29. The Balaban J connectivity index is 2.82. The molecule has 0 saturated heterocycles. The highest BCUT2D eigenvalue weighted by Gasteiger charge is 2.20. The lowest BCUT2D eigenvalue weighted by Gasteiger charge is -2.26. The van der Waals surface area contributed by atoms with Crippen LogP contribution in [0.5, 0.6) is 0 Å². The number of hydrogen-bond donors (Lipinski definition) is 1. The van der Waals surface area contributed by atoms with E-state index in [1.54, 1.807) is 0 Å². The molecular formula is C13H25N3O. The van der Waals surface area contributed by atoms with Crippen LogP contribution in [0.1, 0.15) is 40.3 Å². The van der Waals surface area contributed by atoms with Crippen LogP contribution < -0.4 is 5.32 Å². The highest BCUT2D eigenvalue weighted by Crippen LogP contribution is 2.17. The summed E-state index contributed by atoms with van der Waals surface area (Å²) in [5.74, 6) is 0.922. The lowest BCUT2D eigenvalue weighted by Crippen LogP contribution is -2.31. The van der Waals surface area contributed by atoms with Crippen molar-refractivity contribution < 1.29 is 4.74 Å². The van der Waals surface area contributed by atoms with E-state index in [-0.39, 0.29) is 5.60 Å². The molecule has 0 spiro atoms. The summed E-state index contributed by atoms with van der Waals surface area (Å²) < 4.78 is 7.86. The SMILES string of the molecule is CCOC(C)(C)Cn1cc(C)nc1NC(C)C. The van der Waals surface area contributed by atoms with Crippen LogP contribution in [0, 0.1) is 6.92 Å². The third-order valence-corrected chi connectivity index (χ3v) is 2.40. The van der Waals surface area contributed by atoms with Gasteiger partial charge in [0.25, 0.3) is 0 Å². The second kappa shape index (κ2) is 5.54. The van der Waals surface area contributed by atoms with E-state index >= 15 is 0 Å². The zero-order valence-corrected chi connectivity index (χ0v) is 11.9. The Kier molecular flexibility index (Phi) is 4.57. The lowest BCUT2D eigenvalue weighted by molar-refractivity contribution is -0.0220. The van der Waals surface area contributed by atoms with Crippen LogP contribution in [0.4, 0.5) is 5.95 Å². The molecule has 1 N–H and O–H groups in total. The molecule has 4 heteroatoms. The molecular weight excluding hydrogens is 214 g/mol. The zero-order valence-electron chi connectivity index (χ0n) is 11.9. The zero-order chi connectivity index (χ0) is 13.1. The summed E-state index contributed by atoms with van der Waals surface area (Å²) in [5, 5.41) is 3.36. The van der Waals surface area contributed by atoms with Crippen molar-refractivity contribution in [1.82, 2.24) is 9.55 Å². The predicted octanol–water partition coefficient (Wildman–Crippen LogP) is 2.83. The molecule has 4 nitrogen and oxygen atoms in total. The molecule has 1 aromatic rings. The first-order chi connectivity index (χ1) is 7.84. The van der Waals surface area contributed by atoms with Crippen LogP contribution in [0.3, 0.4) is 0 Å². The first-order valence-electron chi connectivity index (χ1n) is 6.28. The summed E-state index contributed by atoms with van der Waals surface area (Å²) in [7, 11) is 0. The van der Waals surface area contributed by atoms with Gasteiger partial charge in [0, 0.05) is 18.8 Å². The second-order valence-electron chi connectivity index (χ2n) is 5.33. The van der Waals surface area contributed by atoms with Gasteiger partial charge in [0.05, 0.1) is 17.8 Å². The van der Waals surface area contributed by atoms with Crippen molar-refractivity contribution >= 4 is 5.95 Å². The molecule has 1 heterocycles. The number of nitrogens with one attached hydrogen (secondary N) is 1. The number of nitrogens with zero attached hydrogens (tertiary/aromatic N) is 2. The number of imidazole rings is 1. The van der Waals surface area contributed by atoms with Crippen LogP contribution in [-0.2, 0) is 11.3 Å². The van der Waals surface area contributed by atoms with Gasteiger partial charge < -0.3 is 14.6 Å². The van der Waals surface area contributed by atoms with E-state index in [4.69, 9.17) is 4.74 Å². The number of hydrogen-bond acceptors (Lipinski definition) is 3. The fourth-order valence-corrected chi connectivity index (χ4v) is 1.89. The number of anilines is 1. The fourth-order valence-electron chi connectivity index (χ4n) is 1.89. The van der Waals surface area contributed by atoms with Crippen molar-refractivity contribution in [3.05, 3.63) is 11.9 Å². The van der Waals surface area contributed by atoms with E-state index in [1.807, 2.05) is 13.8 Å². The maximum absolute atomic E-state index is 5.73. The molecule has 1 aromatic heterocycles. The lowest BCUT2D eigenvalue weighted by atomic mass is 10.1.